The van der Waals surface area contributed by atoms with Crippen molar-refractivity contribution in [2.24, 2.45) is 0 Å². The summed E-state index contributed by atoms with van der Waals surface area (Å²) in [5.41, 5.74) is 15.9. The molecule has 0 atom stereocenters. The van der Waals surface area contributed by atoms with Crippen LogP contribution in [0.3, 0.4) is 0 Å². The van der Waals surface area contributed by atoms with Crippen molar-refractivity contribution in [1.82, 2.24) is 0 Å². The molecule has 0 fully saturated rings. The van der Waals surface area contributed by atoms with Crippen LogP contribution < -0.4 is 20.2 Å². The summed E-state index contributed by atoms with van der Waals surface area (Å²) < 4.78 is 0. The zero-order valence-corrected chi connectivity index (χ0v) is 43.9. The van der Waals surface area contributed by atoms with Crippen LogP contribution in [0.1, 0.15) is 47.9 Å². The first-order valence-electron chi connectivity index (χ1n) is 25.9. The van der Waals surface area contributed by atoms with E-state index in [2.05, 4.69) is 231 Å². The molecule has 70 heavy (non-hydrogen) atoms. The highest BCUT2D eigenvalue weighted by Gasteiger charge is 2.30. The van der Waals surface area contributed by atoms with Gasteiger partial charge in [-0.3, -0.25) is 0 Å². The SMILES string of the molecule is C[Si](C)(C)c1ccc2c(N(c3ccccc3)c3ccc4c(c3)CCCC4)c3ccccc3c(-c3c4ccccc4c(N(c4ccccc4)c4ccc5c(c4)CCCC5)c4cc([Si](C)(C)C)ccc34)c2c1. The molecule has 0 unspecified atom stereocenters. The molecule has 10 aromatic rings. The number of rotatable bonds is 9. The van der Waals surface area contributed by atoms with Gasteiger partial charge in [0.2, 0.25) is 0 Å². The molecule has 4 heteroatoms. The average molecular weight is 941 g/mol. The number of hydrogen-bond acceptors (Lipinski definition) is 2. The monoisotopic (exact) mass is 940 g/mol. The zero-order chi connectivity index (χ0) is 47.7. The van der Waals surface area contributed by atoms with Crippen molar-refractivity contribution in [3.05, 3.63) is 204 Å². The molecular weight excluding hydrogens is 877 g/mol. The summed E-state index contributed by atoms with van der Waals surface area (Å²) in [6.45, 7) is 15.0. The second kappa shape index (κ2) is 17.6. The second-order valence-electron chi connectivity index (χ2n) is 22.2. The van der Waals surface area contributed by atoms with Crippen molar-refractivity contribution in [3.8, 4) is 11.1 Å². The highest BCUT2D eigenvalue weighted by atomic mass is 28.3. The Balaban J connectivity index is 1.23. The molecular formula is C66H64N2Si2. The summed E-state index contributed by atoms with van der Waals surface area (Å²) in [6.07, 6.45) is 9.64. The molecule has 2 aliphatic carbocycles. The van der Waals surface area contributed by atoms with Gasteiger partial charge in [-0.2, -0.15) is 0 Å². The van der Waals surface area contributed by atoms with Crippen LogP contribution in [0.2, 0.25) is 39.3 Å². The molecule has 0 spiro atoms. The Bertz CT molecular complexity index is 3640. The molecule has 0 heterocycles. The van der Waals surface area contributed by atoms with Gasteiger partial charge in [-0.15, -0.1) is 0 Å². The lowest BCUT2D eigenvalue weighted by Crippen LogP contribution is -2.37. The first-order chi connectivity index (χ1) is 34.0. The van der Waals surface area contributed by atoms with E-state index in [1.165, 1.54) is 147 Å². The summed E-state index contributed by atoms with van der Waals surface area (Å²) in [5, 5.41) is 13.2. The van der Waals surface area contributed by atoms with Crippen molar-refractivity contribution in [2.75, 3.05) is 9.80 Å². The van der Waals surface area contributed by atoms with Gasteiger partial charge in [-0.05, 0) is 155 Å². The fourth-order valence-corrected chi connectivity index (χ4v) is 14.3. The summed E-state index contributed by atoms with van der Waals surface area (Å²) in [7, 11) is -3.57. The van der Waals surface area contributed by atoms with E-state index in [0.29, 0.717) is 0 Å². The van der Waals surface area contributed by atoms with Crippen molar-refractivity contribution >= 4 is 104 Å². The van der Waals surface area contributed by atoms with Gasteiger partial charge >= 0.3 is 0 Å². The lowest BCUT2D eigenvalue weighted by molar-refractivity contribution is 0.685. The second-order valence-corrected chi connectivity index (χ2v) is 32.4. The highest BCUT2D eigenvalue weighted by Crippen LogP contribution is 2.54. The van der Waals surface area contributed by atoms with Gasteiger partial charge < -0.3 is 9.80 Å². The molecule has 0 saturated carbocycles. The van der Waals surface area contributed by atoms with Crippen LogP contribution in [0.25, 0.3) is 54.2 Å². The van der Waals surface area contributed by atoms with Gasteiger partial charge in [0.05, 0.1) is 27.5 Å². The third-order valence-corrected chi connectivity index (χ3v) is 19.7. The lowest BCUT2D eigenvalue weighted by Gasteiger charge is -2.33. The van der Waals surface area contributed by atoms with Crippen LogP contribution in [-0.2, 0) is 25.7 Å². The minimum atomic E-state index is -1.79. The van der Waals surface area contributed by atoms with E-state index in [4.69, 9.17) is 0 Å². The maximum atomic E-state index is 2.61. The topological polar surface area (TPSA) is 6.48 Å². The van der Waals surface area contributed by atoms with Crippen molar-refractivity contribution in [2.45, 2.75) is 90.6 Å². The number of para-hydroxylation sites is 2. The number of aryl methyl sites for hydroxylation is 4. The van der Waals surface area contributed by atoms with E-state index < -0.39 is 16.1 Å². The summed E-state index contributed by atoms with van der Waals surface area (Å²) in [6, 6.07) is 70.7. The van der Waals surface area contributed by atoms with E-state index in [1.54, 1.807) is 0 Å². The standard InChI is InChI=1S/C66H64N2Si2/c1-69(2,3)53-38-40-60-61(43-53)64(56-30-18-19-31-58(56)65(60)67(49-25-9-7-10-26-49)51-35-33-45-21-13-15-23-47(45)41-51)63-55-29-17-20-32-59(55)66(62-44-54(70(4,5)6)37-39-57(62)63)68(50-27-11-8-12-28-50)52-36-34-46-22-14-16-24-48(46)42-52/h7-12,17-20,25-44H,13-16,21-24H2,1-6H3. The van der Waals surface area contributed by atoms with Crippen molar-refractivity contribution in [1.29, 1.82) is 0 Å². The van der Waals surface area contributed by atoms with Crippen LogP contribution in [0.15, 0.2) is 182 Å². The van der Waals surface area contributed by atoms with Crippen LogP contribution in [0.4, 0.5) is 34.1 Å². The van der Waals surface area contributed by atoms with Gasteiger partial charge in [0.25, 0.3) is 0 Å². The fraction of sp³-hybridized carbons (Fsp3) is 0.212. The van der Waals surface area contributed by atoms with E-state index in [-0.39, 0.29) is 0 Å². The molecule has 0 saturated heterocycles. The quantitative estimate of drug-likeness (QED) is 0.105. The van der Waals surface area contributed by atoms with Gasteiger partial charge in [0.1, 0.15) is 0 Å². The van der Waals surface area contributed by atoms with Gasteiger partial charge in [0, 0.05) is 44.3 Å². The Morgan fingerprint density at radius 1 is 0.286 bits per heavy atom. The zero-order valence-electron chi connectivity index (χ0n) is 41.9. The number of fused-ring (bicyclic) bond motifs is 6. The number of anilines is 6. The minimum Gasteiger partial charge on any atom is -0.309 e. The number of nitrogens with zero attached hydrogens (tertiary/aromatic N) is 2. The third-order valence-electron chi connectivity index (χ3n) is 15.6. The Morgan fingerprint density at radius 2 is 0.643 bits per heavy atom. The molecule has 2 aliphatic rings. The van der Waals surface area contributed by atoms with Gasteiger partial charge in [-0.1, -0.05) is 183 Å². The molecule has 2 nitrogen and oxygen atoms in total. The predicted molar refractivity (Wildman–Crippen MR) is 311 cm³/mol. The molecule has 0 N–H and O–H groups in total. The molecule has 12 rings (SSSR count). The average Bonchev–Trinajstić information content (AvgIpc) is 3.38. The maximum absolute atomic E-state index is 2.61. The van der Waals surface area contributed by atoms with E-state index in [0.717, 1.165) is 25.7 Å². The van der Waals surface area contributed by atoms with Crippen molar-refractivity contribution in [3.63, 3.8) is 0 Å². The molecule has 10 aromatic carbocycles. The van der Waals surface area contributed by atoms with E-state index >= 15 is 0 Å². The maximum Gasteiger partial charge on any atom is 0.0776 e. The Kier molecular flexibility index (Phi) is 11.2. The van der Waals surface area contributed by atoms with Crippen LogP contribution in [-0.4, -0.2) is 16.1 Å². The van der Waals surface area contributed by atoms with E-state index in [9.17, 15) is 0 Å². The normalized spacial score (nSPS) is 14.0. The largest absolute Gasteiger partial charge is 0.309 e. The summed E-state index contributed by atoms with van der Waals surface area (Å²) in [4.78, 5) is 5.17. The Hall–Kier alpha value is -6.73. The van der Waals surface area contributed by atoms with Crippen LogP contribution >= 0.6 is 0 Å². The summed E-state index contributed by atoms with van der Waals surface area (Å²) >= 11 is 0. The third kappa shape index (κ3) is 7.77. The Morgan fingerprint density at radius 3 is 1.11 bits per heavy atom. The molecule has 0 aromatic heterocycles. The van der Waals surface area contributed by atoms with E-state index in [1.807, 2.05) is 0 Å². The first kappa shape index (κ1) is 44.5. The molecule has 346 valence electrons. The van der Waals surface area contributed by atoms with Gasteiger partial charge in [0.15, 0.2) is 0 Å². The van der Waals surface area contributed by atoms with Gasteiger partial charge in [-0.25, -0.2) is 0 Å². The van der Waals surface area contributed by atoms with Crippen LogP contribution in [0.5, 0.6) is 0 Å². The minimum absolute atomic E-state index is 1.13. The molecule has 0 amide bonds. The fourth-order valence-electron chi connectivity index (χ4n) is 12.0. The number of hydrogen-bond donors (Lipinski definition) is 0. The lowest BCUT2D eigenvalue weighted by atomic mass is 9.84. The first-order valence-corrected chi connectivity index (χ1v) is 32.9. The highest BCUT2D eigenvalue weighted by molar-refractivity contribution is 6.89. The molecule has 0 radical (unpaired) electrons. The predicted octanol–water partition coefficient (Wildman–Crippen LogP) is 17.8. The van der Waals surface area contributed by atoms with Crippen LogP contribution in [0, 0.1) is 0 Å². The summed E-state index contributed by atoms with van der Waals surface area (Å²) in [5.74, 6) is 0. The number of benzene rings is 10. The molecule has 0 bridgehead atoms. The Labute approximate surface area is 417 Å². The van der Waals surface area contributed by atoms with Crippen molar-refractivity contribution < 1.29 is 0 Å². The molecule has 0 aliphatic heterocycles. The smallest absolute Gasteiger partial charge is 0.0776 e.